The summed E-state index contributed by atoms with van der Waals surface area (Å²) in [5, 5.41) is 3.17. The fourth-order valence-electron chi connectivity index (χ4n) is 3.28. The standard InChI is InChI=1S/C15H18F4N2/c16-10-8-11(17)14(19)12(13(10)18)15(9-2-1-3-9)21-6-4-20-5-7-21/h8-9,15,20H,1-7H2/t15-/m1/s1. The molecule has 2 nitrogen and oxygen atoms in total. The van der Waals surface area contributed by atoms with E-state index in [-0.39, 0.29) is 12.0 Å². The number of rotatable bonds is 3. The van der Waals surface area contributed by atoms with E-state index in [1.807, 2.05) is 4.90 Å². The molecule has 0 radical (unpaired) electrons. The predicted molar refractivity (Wildman–Crippen MR) is 70.8 cm³/mol. The Balaban J connectivity index is 2.03. The molecule has 2 fully saturated rings. The lowest BCUT2D eigenvalue weighted by Crippen LogP contribution is -2.48. The van der Waals surface area contributed by atoms with E-state index < -0.39 is 34.9 Å². The van der Waals surface area contributed by atoms with E-state index in [4.69, 9.17) is 0 Å². The Morgan fingerprint density at radius 2 is 1.57 bits per heavy atom. The number of hydrogen-bond acceptors (Lipinski definition) is 2. The largest absolute Gasteiger partial charge is 0.314 e. The quantitative estimate of drug-likeness (QED) is 0.682. The molecule has 0 amide bonds. The molecular formula is C15H18F4N2. The van der Waals surface area contributed by atoms with Gasteiger partial charge in [0.2, 0.25) is 0 Å². The van der Waals surface area contributed by atoms with Crippen LogP contribution in [0.4, 0.5) is 17.6 Å². The summed E-state index contributed by atoms with van der Waals surface area (Å²) in [6.45, 7) is 2.67. The van der Waals surface area contributed by atoms with Crippen LogP contribution in [-0.4, -0.2) is 31.1 Å². The highest BCUT2D eigenvalue weighted by Gasteiger charge is 2.38. The predicted octanol–water partition coefficient (Wildman–Crippen LogP) is 2.99. The molecule has 2 aliphatic rings. The van der Waals surface area contributed by atoms with E-state index >= 15 is 0 Å². The Morgan fingerprint density at radius 3 is 2.05 bits per heavy atom. The SMILES string of the molecule is Fc1cc(F)c(F)c([C@@H](C2CCC2)N2CCNCC2)c1F. The molecule has 0 unspecified atom stereocenters. The molecule has 116 valence electrons. The summed E-state index contributed by atoms with van der Waals surface area (Å²) < 4.78 is 55.3. The second kappa shape index (κ2) is 5.93. The molecule has 1 saturated heterocycles. The van der Waals surface area contributed by atoms with Crippen LogP contribution in [0.5, 0.6) is 0 Å². The number of nitrogens with one attached hydrogen (secondary N) is 1. The Morgan fingerprint density at radius 1 is 1.00 bits per heavy atom. The third-order valence-corrected chi connectivity index (χ3v) is 4.58. The van der Waals surface area contributed by atoms with E-state index in [0.29, 0.717) is 26.2 Å². The second-order valence-electron chi connectivity index (χ2n) is 5.80. The second-order valence-corrected chi connectivity index (χ2v) is 5.80. The highest BCUT2D eigenvalue weighted by Crippen LogP contribution is 2.43. The summed E-state index contributed by atoms with van der Waals surface area (Å²) in [6, 6.07) is -0.296. The van der Waals surface area contributed by atoms with Crippen molar-refractivity contribution in [2.75, 3.05) is 26.2 Å². The lowest BCUT2D eigenvalue weighted by atomic mass is 9.76. The maximum atomic E-state index is 14.1. The third kappa shape index (κ3) is 2.66. The summed E-state index contributed by atoms with van der Waals surface area (Å²) in [4.78, 5) is 1.95. The summed E-state index contributed by atoms with van der Waals surface area (Å²) >= 11 is 0. The van der Waals surface area contributed by atoms with Crippen LogP contribution in [0.3, 0.4) is 0 Å². The molecule has 1 aliphatic carbocycles. The van der Waals surface area contributed by atoms with E-state index in [1.165, 1.54) is 0 Å². The van der Waals surface area contributed by atoms with Gasteiger partial charge in [-0.2, -0.15) is 0 Å². The minimum atomic E-state index is -1.32. The van der Waals surface area contributed by atoms with E-state index in [2.05, 4.69) is 5.32 Å². The van der Waals surface area contributed by atoms with Crippen LogP contribution < -0.4 is 5.32 Å². The highest BCUT2D eigenvalue weighted by atomic mass is 19.2. The van der Waals surface area contributed by atoms with Gasteiger partial charge >= 0.3 is 0 Å². The van der Waals surface area contributed by atoms with Crippen molar-refractivity contribution in [1.82, 2.24) is 10.2 Å². The van der Waals surface area contributed by atoms with Gasteiger partial charge in [-0.3, -0.25) is 4.90 Å². The molecular weight excluding hydrogens is 284 g/mol. The molecule has 0 spiro atoms. The van der Waals surface area contributed by atoms with E-state index in [0.717, 1.165) is 19.3 Å². The van der Waals surface area contributed by atoms with Crippen molar-refractivity contribution in [3.63, 3.8) is 0 Å². The van der Waals surface area contributed by atoms with Crippen molar-refractivity contribution in [2.45, 2.75) is 25.3 Å². The van der Waals surface area contributed by atoms with Crippen molar-refractivity contribution in [3.8, 4) is 0 Å². The van der Waals surface area contributed by atoms with Gasteiger partial charge in [0.1, 0.15) is 0 Å². The van der Waals surface area contributed by atoms with Crippen molar-refractivity contribution < 1.29 is 17.6 Å². The summed E-state index contributed by atoms with van der Waals surface area (Å²) in [5.74, 6) is -5.06. The first-order valence-corrected chi connectivity index (χ1v) is 7.37. The molecule has 21 heavy (non-hydrogen) atoms. The van der Waals surface area contributed by atoms with Gasteiger partial charge in [0.15, 0.2) is 23.3 Å². The average Bonchev–Trinajstić information content (AvgIpc) is 2.43. The van der Waals surface area contributed by atoms with Crippen LogP contribution in [0.2, 0.25) is 0 Å². The monoisotopic (exact) mass is 302 g/mol. The molecule has 1 aliphatic heterocycles. The van der Waals surface area contributed by atoms with Crippen molar-refractivity contribution in [2.24, 2.45) is 5.92 Å². The molecule has 1 N–H and O–H groups in total. The van der Waals surface area contributed by atoms with E-state index in [9.17, 15) is 17.6 Å². The summed E-state index contributed by atoms with van der Waals surface area (Å²) in [6.07, 6.45) is 2.67. The Kier molecular flexibility index (Phi) is 4.17. The number of nitrogens with zero attached hydrogens (tertiary/aromatic N) is 1. The van der Waals surface area contributed by atoms with Crippen molar-refractivity contribution in [3.05, 3.63) is 34.9 Å². The van der Waals surface area contributed by atoms with Gasteiger partial charge in [-0.25, -0.2) is 17.6 Å². The van der Waals surface area contributed by atoms with E-state index in [1.54, 1.807) is 0 Å². The minimum Gasteiger partial charge on any atom is -0.314 e. The molecule has 1 aromatic rings. The van der Waals surface area contributed by atoms with Gasteiger partial charge in [-0.1, -0.05) is 6.42 Å². The first kappa shape index (κ1) is 14.8. The van der Waals surface area contributed by atoms with Gasteiger partial charge in [-0.05, 0) is 18.8 Å². The maximum Gasteiger partial charge on any atom is 0.166 e. The zero-order valence-electron chi connectivity index (χ0n) is 11.6. The zero-order chi connectivity index (χ0) is 15.0. The smallest absolute Gasteiger partial charge is 0.166 e. The van der Waals surface area contributed by atoms with Crippen LogP contribution in [0.15, 0.2) is 6.07 Å². The molecule has 1 atom stereocenters. The van der Waals surface area contributed by atoms with Crippen LogP contribution in [0.1, 0.15) is 30.9 Å². The van der Waals surface area contributed by atoms with Crippen LogP contribution >= 0.6 is 0 Å². The van der Waals surface area contributed by atoms with Gasteiger partial charge in [0.05, 0.1) is 0 Å². The minimum absolute atomic E-state index is 0.0632. The fourth-order valence-corrected chi connectivity index (χ4v) is 3.28. The molecule has 1 aromatic carbocycles. The van der Waals surface area contributed by atoms with Crippen molar-refractivity contribution >= 4 is 0 Å². The summed E-state index contributed by atoms with van der Waals surface area (Å²) in [5.41, 5.74) is -0.431. The maximum absolute atomic E-state index is 14.1. The average molecular weight is 302 g/mol. The Labute approximate surface area is 121 Å². The lowest BCUT2D eigenvalue weighted by Gasteiger charge is -2.43. The van der Waals surface area contributed by atoms with Gasteiger partial charge in [-0.15, -0.1) is 0 Å². The van der Waals surface area contributed by atoms with Gasteiger partial charge in [0, 0.05) is 43.9 Å². The van der Waals surface area contributed by atoms with Gasteiger partial charge < -0.3 is 5.32 Å². The van der Waals surface area contributed by atoms with Crippen LogP contribution in [0, 0.1) is 29.2 Å². The Hall–Kier alpha value is -1.14. The number of halogens is 4. The summed E-state index contributed by atoms with van der Waals surface area (Å²) in [7, 11) is 0. The lowest BCUT2D eigenvalue weighted by molar-refractivity contribution is 0.0772. The number of hydrogen-bond donors (Lipinski definition) is 1. The molecule has 1 heterocycles. The third-order valence-electron chi connectivity index (χ3n) is 4.58. The highest BCUT2D eigenvalue weighted by molar-refractivity contribution is 5.27. The number of benzene rings is 1. The fraction of sp³-hybridized carbons (Fsp3) is 0.600. The topological polar surface area (TPSA) is 15.3 Å². The van der Waals surface area contributed by atoms with Crippen LogP contribution in [-0.2, 0) is 0 Å². The first-order chi connectivity index (χ1) is 10.1. The molecule has 0 bridgehead atoms. The molecule has 3 rings (SSSR count). The molecule has 0 aromatic heterocycles. The molecule has 6 heteroatoms. The first-order valence-electron chi connectivity index (χ1n) is 7.37. The normalized spacial score (nSPS) is 22.1. The van der Waals surface area contributed by atoms with Crippen molar-refractivity contribution in [1.29, 1.82) is 0 Å². The van der Waals surface area contributed by atoms with Gasteiger partial charge in [0.25, 0.3) is 0 Å². The van der Waals surface area contributed by atoms with Crippen LogP contribution in [0.25, 0.3) is 0 Å². The molecule has 1 saturated carbocycles. The Bertz CT molecular complexity index is 499. The number of piperazine rings is 1. The zero-order valence-corrected chi connectivity index (χ0v) is 11.6.